The Bertz CT molecular complexity index is 889. The number of aromatic nitrogens is 1. The van der Waals surface area contributed by atoms with Crippen molar-refractivity contribution in [3.63, 3.8) is 0 Å². The molecule has 2 N–H and O–H groups in total. The zero-order valence-electron chi connectivity index (χ0n) is 11.7. The quantitative estimate of drug-likeness (QED) is 0.729. The summed E-state index contributed by atoms with van der Waals surface area (Å²) < 4.78 is 10.4. The maximum atomic E-state index is 11.7. The van der Waals surface area contributed by atoms with E-state index in [1.54, 1.807) is 6.07 Å². The second kappa shape index (κ2) is 5.22. The largest absolute Gasteiger partial charge is 0.464 e. The molecule has 6 nitrogen and oxygen atoms in total. The third-order valence-corrected chi connectivity index (χ3v) is 3.24. The lowest BCUT2D eigenvalue weighted by Gasteiger charge is -2.06. The number of methoxy groups -OCH3 is 1. The Labute approximate surface area is 125 Å². The van der Waals surface area contributed by atoms with Crippen LogP contribution < -0.4 is 5.73 Å². The number of para-hydroxylation sites is 1. The van der Waals surface area contributed by atoms with Crippen molar-refractivity contribution in [3.8, 4) is 17.4 Å². The van der Waals surface area contributed by atoms with E-state index in [0.29, 0.717) is 16.9 Å². The van der Waals surface area contributed by atoms with Crippen LogP contribution in [0.4, 0.5) is 5.82 Å². The van der Waals surface area contributed by atoms with Crippen molar-refractivity contribution in [2.24, 2.45) is 0 Å². The number of fused-ring (bicyclic) bond motifs is 1. The highest BCUT2D eigenvalue weighted by Crippen LogP contribution is 2.32. The van der Waals surface area contributed by atoms with Gasteiger partial charge in [0, 0.05) is 10.9 Å². The summed E-state index contributed by atoms with van der Waals surface area (Å²) in [7, 11) is 1.25. The number of nitrogen functional groups attached to an aromatic ring is 1. The summed E-state index contributed by atoms with van der Waals surface area (Å²) in [6.45, 7) is 0. The van der Waals surface area contributed by atoms with Gasteiger partial charge in [-0.15, -0.1) is 0 Å². The first-order chi connectivity index (χ1) is 10.6. The molecule has 0 aliphatic heterocycles. The summed E-state index contributed by atoms with van der Waals surface area (Å²) in [5.74, 6) is -0.230. The molecular formula is C16H11N3O3. The molecule has 1 aromatic carbocycles. The van der Waals surface area contributed by atoms with Gasteiger partial charge >= 0.3 is 5.97 Å². The number of pyridine rings is 1. The van der Waals surface area contributed by atoms with Crippen LogP contribution in [-0.4, -0.2) is 18.1 Å². The Morgan fingerprint density at radius 2 is 2.14 bits per heavy atom. The van der Waals surface area contributed by atoms with Crippen molar-refractivity contribution >= 4 is 22.8 Å². The maximum absolute atomic E-state index is 11.7. The molecule has 6 heteroatoms. The lowest BCUT2D eigenvalue weighted by Crippen LogP contribution is -2.08. The van der Waals surface area contributed by atoms with Gasteiger partial charge in [-0.05, 0) is 18.2 Å². The van der Waals surface area contributed by atoms with Crippen LogP contribution in [0.3, 0.4) is 0 Å². The van der Waals surface area contributed by atoms with E-state index in [1.807, 2.05) is 30.3 Å². The van der Waals surface area contributed by atoms with Gasteiger partial charge in [0.15, 0.2) is 5.69 Å². The van der Waals surface area contributed by atoms with E-state index < -0.39 is 5.97 Å². The van der Waals surface area contributed by atoms with Crippen LogP contribution in [0.5, 0.6) is 0 Å². The van der Waals surface area contributed by atoms with Gasteiger partial charge in [0.05, 0.1) is 7.11 Å². The summed E-state index contributed by atoms with van der Waals surface area (Å²) >= 11 is 0. The topological polar surface area (TPSA) is 102 Å². The minimum Gasteiger partial charge on any atom is -0.464 e. The number of carbonyl (C=O) groups excluding carboxylic acids is 1. The van der Waals surface area contributed by atoms with Crippen molar-refractivity contribution in [1.29, 1.82) is 5.26 Å². The number of carbonyl (C=O) groups is 1. The molecule has 0 spiro atoms. The van der Waals surface area contributed by atoms with E-state index in [4.69, 9.17) is 10.2 Å². The molecule has 0 aliphatic rings. The van der Waals surface area contributed by atoms with E-state index in [-0.39, 0.29) is 17.1 Å². The van der Waals surface area contributed by atoms with E-state index >= 15 is 0 Å². The number of furan rings is 1. The molecule has 0 amide bonds. The second-order valence-electron chi connectivity index (χ2n) is 4.57. The molecule has 2 heterocycles. The van der Waals surface area contributed by atoms with Gasteiger partial charge in [-0.25, -0.2) is 9.78 Å². The molecule has 0 fully saturated rings. The number of nitrogens with zero attached hydrogens (tertiary/aromatic N) is 2. The van der Waals surface area contributed by atoms with Crippen LogP contribution in [0.1, 0.15) is 16.1 Å². The fourth-order valence-electron chi connectivity index (χ4n) is 2.20. The third-order valence-electron chi connectivity index (χ3n) is 3.24. The molecule has 0 unspecified atom stereocenters. The summed E-state index contributed by atoms with van der Waals surface area (Å²) in [6.07, 6.45) is 0. The minimum absolute atomic E-state index is 0.0226. The zero-order valence-corrected chi connectivity index (χ0v) is 11.7. The summed E-state index contributed by atoms with van der Waals surface area (Å²) in [6, 6.07) is 12.7. The van der Waals surface area contributed by atoms with Crippen molar-refractivity contribution < 1.29 is 13.9 Å². The van der Waals surface area contributed by atoms with Gasteiger partial charge in [0.25, 0.3) is 0 Å². The van der Waals surface area contributed by atoms with E-state index in [2.05, 4.69) is 9.72 Å². The van der Waals surface area contributed by atoms with Gasteiger partial charge < -0.3 is 14.9 Å². The van der Waals surface area contributed by atoms with Gasteiger partial charge in [-0.1, -0.05) is 18.2 Å². The molecule has 22 heavy (non-hydrogen) atoms. The van der Waals surface area contributed by atoms with Crippen molar-refractivity contribution in [2.45, 2.75) is 0 Å². The molecule has 3 aromatic rings. The standard InChI is InChI=1S/C16H11N3O3/c1-21-16(20)12-7-10(11(8-17)15(18)19-12)14-6-9-4-2-3-5-13(9)22-14/h2-7H,1H3,(H2,18,19). The molecule has 0 saturated heterocycles. The minimum atomic E-state index is -0.631. The van der Waals surface area contributed by atoms with Crippen LogP contribution in [0.15, 0.2) is 40.8 Å². The molecule has 0 radical (unpaired) electrons. The highest BCUT2D eigenvalue weighted by atomic mass is 16.5. The Kier molecular flexibility index (Phi) is 3.24. The number of nitrogens with two attached hydrogens (primary N) is 1. The molecule has 0 atom stereocenters. The first kappa shape index (κ1) is 13.6. The number of anilines is 1. The Hall–Kier alpha value is -3.33. The maximum Gasteiger partial charge on any atom is 0.356 e. The highest BCUT2D eigenvalue weighted by Gasteiger charge is 2.19. The number of hydrogen-bond donors (Lipinski definition) is 1. The number of nitriles is 1. The molecule has 0 saturated carbocycles. The Morgan fingerprint density at radius 3 is 2.82 bits per heavy atom. The predicted octanol–water partition coefficient (Wildman–Crippen LogP) is 2.74. The van der Waals surface area contributed by atoms with Crippen LogP contribution in [0.25, 0.3) is 22.3 Å². The first-order valence-electron chi connectivity index (χ1n) is 6.42. The van der Waals surface area contributed by atoms with E-state index in [9.17, 15) is 10.1 Å². The number of benzene rings is 1. The van der Waals surface area contributed by atoms with E-state index in [0.717, 1.165) is 5.39 Å². The highest BCUT2D eigenvalue weighted by molar-refractivity contribution is 5.92. The normalized spacial score (nSPS) is 10.4. The van der Waals surface area contributed by atoms with Crippen molar-refractivity contribution in [1.82, 2.24) is 4.98 Å². The van der Waals surface area contributed by atoms with Crippen molar-refractivity contribution in [3.05, 3.63) is 47.7 Å². The third kappa shape index (κ3) is 2.15. The van der Waals surface area contributed by atoms with Gasteiger partial charge in [0.2, 0.25) is 0 Å². The molecule has 0 aliphatic carbocycles. The number of ether oxygens (including phenoxy) is 1. The number of rotatable bonds is 2. The zero-order chi connectivity index (χ0) is 15.7. The smallest absolute Gasteiger partial charge is 0.356 e. The van der Waals surface area contributed by atoms with Gasteiger partial charge in [0.1, 0.15) is 28.8 Å². The fraction of sp³-hybridized carbons (Fsp3) is 0.0625. The van der Waals surface area contributed by atoms with Crippen LogP contribution in [0, 0.1) is 11.3 Å². The monoisotopic (exact) mass is 293 g/mol. The molecular weight excluding hydrogens is 282 g/mol. The summed E-state index contributed by atoms with van der Waals surface area (Å²) in [4.78, 5) is 15.6. The lowest BCUT2D eigenvalue weighted by atomic mass is 10.1. The average molecular weight is 293 g/mol. The van der Waals surface area contributed by atoms with Crippen LogP contribution in [-0.2, 0) is 4.74 Å². The van der Waals surface area contributed by atoms with Gasteiger partial charge in [-0.2, -0.15) is 5.26 Å². The first-order valence-corrected chi connectivity index (χ1v) is 6.42. The predicted molar refractivity (Wildman–Crippen MR) is 79.9 cm³/mol. The summed E-state index contributed by atoms with van der Waals surface area (Å²) in [5, 5.41) is 10.2. The lowest BCUT2D eigenvalue weighted by molar-refractivity contribution is 0.0594. The van der Waals surface area contributed by atoms with Gasteiger partial charge in [-0.3, -0.25) is 0 Å². The molecule has 3 rings (SSSR count). The van der Waals surface area contributed by atoms with E-state index in [1.165, 1.54) is 13.2 Å². The average Bonchev–Trinajstić information content (AvgIpc) is 2.97. The summed E-state index contributed by atoms with van der Waals surface area (Å²) in [5.41, 5.74) is 7.04. The van der Waals surface area contributed by atoms with Crippen LogP contribution in [0.2, 0.25) is 0 Å². The number of esters is 1. The van der Waals surface area contributed by atoms with Crippen LogP contribution >= 0.6 is 0 Å². The molecule has 2 aromatic heterocycles. The number of hydrogen-bond acceptors (Lipinski definition) is 6. The Morgan fingerprint density at radius 1 is 1.36 bits per heavy atom. The fourth-order valence-corrected chi connectivity index (χ4v) is 2.20. The SMILES string of the molecule is COC(=O)c1cc(-c2cc3ccccc3o2)c(C#N)c(N)n1. The van der Waals surface area contributed by atoms with Crippen molar-refractivity contribution in [2.75, 3.05) is 12.8 Å². The Balaban J connectivity index is 2.26. The second-order valence-corrected chi connectivity index (χ2v) is 4.57. The molecule has 0 bridgehead atoms. The molecule has 108 valence electrons.